The molecule has 0 aliphatic rings. The number of pyridine rings is 1. The summed E-state index contributed by atoms with van der Waals surface area (Å²) in [5.74, 6) is 0. The van der Waals surface area contributed by atoms with Crippen molar-refractivity contribution in [3.05, 3.63) is 58.0 Å². The summed E-state index contributed by atoms with van der Waals surface area (Å²) >= 11 is 5.04. The van der Waals surface area contributed by atoms with Crippen molar-refractivity contribution >= 4 is 27.3 Å². The van der Waals surface area contributed by atoms with Gasteiger partial charge in [-0.2, -0.15) is 5.26 Å². The number of halogens is 1. The van der Waals surface area contributed by atoms with Gasteiger partial charge in [-0.15, -0.1) is 11.3 Å². The van der Waals surface area contributed by atoms with Crippen molar-refractivity contribution < 1.29 is 0 Å². The van der Waals surface area contributed by atoms with E-state index < -0.39 is 0 Å². The summed E-state index contributed by atoms with van der Waals surface area (Å²) in [5.41, 5.74) is 3.39. The van der Waals surface area contributed by atoms with Gasteiger partial charge in [0, 0.05) is 21.6 Å². The van der Waals surface area contributed by atoms with E-state index in [0.717, 1.165) is 26.4 Å². The maximum absolute atomic E-state index is 8.81. The topological polar surface area (TPSA) is 49.6 Å². The van der Waals surface area contributed by atoms with E-state index in [0.29, 0.717) is 5.56 Å². The first-order valence-electron chi connectivity index (χ1n) is 5.85. The van der Waals surface area contributed by atoms with Crippen molar-refractivity contribution in [3.8, 4) is 28.0 Å². The number of rotatable bonds is 2. The highest BCUT2D eigenvalue weighted by atomic mass is 79.9. The molecule has 3 nitrogen and oxygen atoms in total. The molecule has 0 spiro atoms. The lowest BCUT2D eigenvalue weighted by atomic mass is 10.1. The van der Waals surface area contributed by atoms with Crippen molar-refractivity contribution in [3.63, 3.8) is 0 Å². The molecule has 0 unspecified atom stereocenters. The van der Waals surface area contributed by atoms with Crippen LogP contribution in [-0.4, -0.2) is 9.97 Å². The maximum atomic E-state index is 8.81. The Bertz CT molecular complexity index is 787. The molecule has 0 saturated carbocycles. The fraction of sp³-hybridized carbons (Fsp3) is 0. The number of aromatic nitrogens is 2. The van der Waals surface area contributed by atoms with E-state index in [1.54, 1.807) is 29.7 Å². The SMILES string of the molecule is N#Cc1ccc(-c2csc(-c3ncccc3Br)n2)cc1. The lowest BCUT2D eigenvalue weighted by Gasteiger charge is -1.98. The largest absolute Gasteiger partial charge is 0.253 e. The van der Waals surface area contributed by atoms with Gasteiger partial charge in [-0.05, 0) is 40.2 Å². The van der Waals surface area contributed by atoms with Crippen LogP contribution < -0.4 is 0 Å². The lowest BCUT2D eigenvalue weighted by molar-refractivity contribution is 1.28. The van der Waals surface area contributed by atoms with Gasteiger partial charge in [0.1, 0.15) is 10.7 Å². The van der Waals surface area contributed by atoms with Crippen LogP contribution in [0.25, 0.3) is 22.0 Å². The van der Waals surface area contributed by atoms with Gasteiger partial charge in [0.15, 0.2) is 0 Å². The Kier molecular flexibility index (Phi) is 3.59. The van der Waals surface area contributed by atoms with Gasteiger partial charge in [0.05, 0.1) is 17.3 Å². The molecule has 2 aromatic heterocycles. The minimum atomic E-state index is 0.650. The molecule has 2 heterocycles. The van der Waals surface area contributed by atoms with E-state index in [9.17, 15) is 0 Å². The van der Waals surface area contributed by atoms with Crippen molar-refractivity contribution in [2.24, 2.45) is 0 Å². The zero-order valence-corrected chi connectivity index (χ0v) is 12.6. The van der Waals surface area contributed by atoms with Crippen LogP contribution in [0.4, 0.5) is 0 Å². The number of hydrogen-bond donors (Lipinski definition) is 0. The number of thiazole rings is 1. The van der Waals surface area contributed by atoms with Crippen molar-refractivity contribution in [1.82, 2.24) is 9.97 Å². The first-order valence-corrected chi connectivity index (χ1v) is 7.52. The fourth-order valence-electron chi connectivity index (χ4n) is 1.77. The number of hydrogen-bond acceptors (Lipinski definition) is 4. The van der Waals surface area contributed by atoms with Crippen LogP contribution in [0.5, 0.6) is 0 Å². The summed E-state index contributed by atoms with van der Waals surface area (Å²) in [4.78, 5) is 8.95. The normalized spacial score (nSPS) is 10.2. The van der Waals surface area contributed by atoms with Crippen LogP contribution in [0.1, 0.15) is 5.56 Å². The predicted molar refractivity (Wildman–Crippen MR) is 83.2 cm³/mol. The Morgan fingerprint density at radius 1 is 1.15 bits per heavy atom. The van der Waals surface area contributed by atoms with Gasteiger partial charge in [-0.25, -0.2) is 4.98 Å². The molecule has 0 aliphatic carbocycles. The van der Waals surface area contributed by atoms with Gasteiger partial charge in [0.25, 0.3) is 0 Å². The molecule has 0 atom stereocenters. The van der Waals surface area contributed by atoms with Gasteiger partial charge >= 0.3 is 0 Å². The van der Waals surface area contributed by atoms with E-state index in [2.05, 4.69) is 32.0 Å². The maximum Gasteiger partial charge on any atom is 0.143 e. The molecule has 0 amide bonds. The third-order valence-corrected chi connectivity index (χ3v) is 4.26. The van der Waals surface area contributed by atoms with Gasteiger partial charge in [0.2, 0.25) is 0 Å². The fourth-order valence-corrected chi connectivity index (χ4v) is 3.19. The summed E-state index contributed by atoms with van der Waals surface area (Å²) in [6.07, 6.45) is 1.75. The third-order valence-electron chi connectivity index (χ3n) is 2.78. The zero-order chi connectivity index (χ0) is 13.9. The Hall–Kier alpha value is -2.03. The molecular weight excluding hydrogens is 334 g/mol. The lowest BCUT2D eigenvalue weighted by Crippen LogP contribution is -1.84. The van der Waals surface area contributed by atoms with E-state index in [-0.39, 0.29) is 0 Å². The highest BCUT2D eigenvalue weighted by Gasteiger charge is 2.10. The van der Waals surface area contributed by atoms with Crippen LogP contribution in [0.15, 0.2) is 52.4 Å². The van der Waals surface area contributed by atoms with E-state index >= 15 is 0 Å². The first-order chi connectivity index (χ1) is 9.78. The van der Waals surface area contributed by atoms with E-state index in [1.165, 1.54) is 0 Å². The van der Waals surface area contributed by atoms with Crippen molar-refractivity contribution in [2.45, 2.75) is 0 Å². The molecule has 96 valence electrons. The summed E-state index contributed by atoms with van der Waals surface area (Å²) in [6.45, 7) is 0. The quantitative estimate of drug-likeness (QED) is 0.689. The molecule has 0 radical (unpaired) electrons. The zero-order valence-electron chi connectivity index (χ0n) is 10.2. The number of nitriles is 1. The Balaban J connectivity index is 1.98. The molecule has 0 fully saturated rings. The Labute approximate surface area is 128 Å². The third kappa shape index (κ3) is 2.48. The molecule has 3 aromatic rings. The summed E-state index contributed by atoms with van der Waals surface area (Å²) in [6, 6.07) is 13.3. The van der Waals surface area contributed by atoms with E-state index in [4.69, 9.17) is 5.26 Å². The summed E-state index contributed by atoms with van der Waals surface area (Å²) in [5, 5.41) is 11.7. The molecule has 3 rings (SSSR count). The van der Waals surface area contributed by atoms with Crippen molar-refractivity contribution in [1.29, 1.82) is 5.26 Å². The second-order valence-electron chi connectivity index (χ2n) is 4.06. The highest BCUT2D eigenvalue weighted by Crippen LogP contribution is 2.31. The second-order valence-corrected chi connectivity index (χ2v) is 5.77. The minimum Gasteiger partial charge on any atom is -0.253 e. The monoisotopic (exact) mass is 341 g/mol. The van der Waals surface area contributed by atoms with Crippen LogP contribution >= 0.6 is 27.3 Å². The molecule has 1 aromatic carbocycles. The van der Waals surface area contributed by atoms with Crippen LogP contribution in [0, 0.1) is 11.3 Å². The van der Waals surface area contributed by atoms with Gasteiger partial charge in [-0.1, -0.05) is 12.1 Å². The van der Waals surface area contributed by atoms with E-state index in [1.807, 2.05) is 29.6 Å². The molecule has 0 aliphatic heterocycles. The number of benzene rings is 1. The summed E-state index contributed by atoms with van der Waals surface area (Å²) in [7, 11) is 0. The molecule has 0 bridgehead atoms. The summed E-state index contributed by atoms with van der Waals surface area (Å²) < 4.78 is 0.931. The minimum absolute atomic E-state index is 0.650. The van der Waals surface area contributed by atoms with Gasteiger partial charge < -0.3 is 0 Å². The standard InChI is InChI=1S/C15H8BrN3S/c16-12-2-1-7-18-14(12)15-19-13(9-20-15)11-5-3-10(8-17)4-6-11/h1-7,9H. The molecule has 5 heteroatoms. The average molecular weight is 342 g/mol. The Morgan fingerprint density at radius 2 is 1.95 bits per heavy atom. The molecular formula is C15H8BrN3S. The van der Waals surface area contributed by atoms with Crippen LogP contribution in [-0.2, 0) is 0 Å². The number of nitrogens with zero attached hydrogens (tertiary/aromatic N) is 3. The van der Waals surface area contributed by atoms with Gasteiger partial charge in [-0.3, -0.25) is 4.98 Å². The average Bonchev–Trinajstić information content (AvgIpc) is 2.97. The highest BCUT2D eigenvalue weighted by molar-refractivity contribution is 9.10. The second kappa shape index (κ2) is 5.53. The molecule has 0 saturated heterocycles. The first kappa shape index (κ1) is 13.0. The molecule has 0 N–H and O–H groups in total. The van der Waals surface area contributed by atoms with Crippen LogP contribution in [0.3, 0.4) is 0 Å². The Morgan fingerprint density at radius 3 is 2.65 bits per heavy atom. The van der Waals surface area contributed by atoms with Crippen molar-refractivity contribution in [2.75, 3.05) is 0 Å². The predicted octanol–water partition coefficient (Wildman–Crippen LogP) is 4.51. The smallest absolute Gasteiger partial charge is 0.143 e. The van der Waals surface area contributed by atoms with Crippen LogP contribution in [0.2, 0.25) is 0 Å². The molecule has 20 heavy (non-hydrogen) atoms.